The number of pyridine rings is 1. The van der Waals surface area contributed by atoms with Gasteiger partial charge in [0.15, 0.2) is 0 Å². The molecule has 2 fully saturated rings. The van der Waals surface area contributed by atoms with Gasteiger partial charge in [-0.3, -0.25) is 19.3 Å². The Labute approximate surface area is 169 Å². The molecule has 0 radical (unpaired) electrons. The lowest BCUT2D eigenvalue weighted by Gasteiger charge is -2.44. The summed E-state index contributed by atoms with van der Waals surface area (Å²) < 4.78 is 1.89. The SMILES string of the molecule is CCc1ccc(N2C(=O)CC(N3C[C@H]4C[C@H](C3)c3cccc(=O)n3C4)C2=O)cc1. The summed E-state index contributed by atoms with van der Waals surface area (Å²) in [5.41, 5.74) is 2.96. The number of rotatable bonds is 3. The Hall–Kier alpha value is -2.73. The normalized spacial score (nSPS) is 26.7. The van der Waals surface area contributed by atoms with Crippen LogP contribution in [0.4, 0.5) is 5.69 Å². The highest BCUT2D eigenvalue weighted by atomic mass is 16.2. The van der Waals surface area contributed by atoms with E-state index in [0.29, 0.717) is 24.7 Å². The number of aromatic nitrogens is 1. The van der Waals surface area contributed by atoms with Crippen molar-refractivity contribution in [3.05, 3.63) is 64.1 Å². The van der Waals surface area contributed by atoms with Gasteiger partial charge in [0.2, 0.25) is 5.91 Å². The Kier molecular flexibility index (Phi) is 4.39. The molecule has 1 aromatic heterocycles. The number of hydrogen-bond acceptors (Lipinski definition) is 4. The average Bonchev–Trinajstić information content (AvgIpc) is 3.03. The first-order chi connectivity index (χ1) is 14.0. The van der Waals surface area contributed by atoms with Crippen molar-refractivity contribution in [1.29, 1.82) is 0 Å². The molecule has 4 heterocycles. The maximum atomic E-state index is 13.2. The third-order valence-electron chi connectivity index (χ3n) is 6.67. The quantitative estimate of drug-likeness (QED) is 0.753. The third kappa shape index (κ3) is 3.02. The largest absolute Gasteiger partial charge is 0.312 e. The summed E-state index contributed by atoms with van der Waals surface area (Å²) in [6.45, 7) is 4.24. The number of amides is 2. The fourth-order valence-electron chi connectivity index (χ4n) is 5.24. The van der Waals surface area contributed by atoms with Crippen LogP contribution in [0.1, 0.15) is 36.9 Å². The lowest BCUT2D eigenvalue weighted by atomic mass is 9.82. The highest BCUT2D eigenvalue weighted by Gasteiger charge is 2.46. The standard InChI is InChI=1S/C23H25N3O3/c1-2-15-6-8-18(9-7-15)26-22(28)11-20(23(26)29)24-12-16-10-17(14-24)19-4-3-5-21(27)25(19)13-16/h3-9,16-17,20H,2,10-14H2,1H3/t16-,17-,20?/m1/s1. The van der Waals surface area contributed by atoms with Gasteiger partial charge in [-0.1, -0.05) is 25.1 Å². The van der Waals surface area contributed by atoms with Crippen LogP contribution in [0.25, 0.3) is 0 Å². The third-order valence-corrected chi connectivity index (χ3v) is 6.67. The number of anilines is 1. The molecule has 2 aromatic rings. The van der Waals surface area contributed by atoms with Crippen molar-refractivity contribution in [2.24, 2.45) is 5.92 Å². The monoisotopic (exact) mass is 391 g/mol. The molecule has 6 nitrogen and oxygen atoms in total. The van der Waals surface area contributed by atoms with E-state index in [4.69, 9.17) is 0 Å². The number of carbonyl (C=O) groups excluding carboxylic acids is 2. The summed E-state index contributed by atoms with van der Waals surface area (Å²) in [6, 6.07) is 12.7. The smallest absolute Gasteiger partial charge is 0.251 e. The van der Waals surface area contributed by atoms with Crippen molar-refractivity contribution in [2.75, 3.05) is 18.0 Å². The first-order valence-corrected chi connectivity index (χ1v) is 10.4. The first kappa shape index (κ1) is 18.3. The maximum Gasteiger partial charge on any atom is 0.251 e. The van der Waals surface area contributed by atoms with E-state index in [0.717, 1.165) is 25.1 Å². The number of fused-ring (bicyclic) bond motifs is 4. The minimum absolute atomic E-state index is 0.0551. The lowest BCUT2D eigenvalue weighted by Crippen LogP contribution is -2.52. The molecule has 29 heavy (non-hydrogen) atoms. The maximum absolute atomic E-state index is 13.2. The van der Waals surface area contributed by atoms with Gasteiger partial charge in [-0.15, -0.1) is 0 Å². The van der Waals surface area contributed by atoms with Gasteiger partial charge in [0.25, 0.3) is 11.5 Å². The Bertz CT molecular complexity index is 1030. The van der Waals surface area contributed by atoms with Crippen molar-refractivity contribution in [3.63, 3.8) is 0 Å². The molecule has 0 saturated carbocycles. The van der Waals surface area contributed by atoms with Gasteiger partial charge in [0.05, 0.1) is 18.2 Å². The van der Waals surface area contributed by atoms with Crippen LogP contribution in [-0.4, -0.2) is 40.4 Å². The number of piperidine rings is 1. The summed E-state index contributed by atoms with van der Waals surface area (Å²) in [7, 11) is 0. The van der Waals surface area contributed by atoms with Crippen molar-refractivity contribution >= 4 is 17.5 Å². The highest BCUT2D eigenvalue weighted by Crippen LogP contribution is 2.37. The van der Waals surface area contributed by atoms with Crippen LogP contribution >= 0.6 is 0 Å². The van der Waals surface area contributed by atoms with Gasteiger partial charge >= 0.3 is 0 Å². The number of aryl methyl sites for hydroxylation is 1. The van der Waals surface area contributed by atoms with E-state index in [1.807, 2.05) is 41.0 Å². The van der Waals surface area contributed by atoms with E-state index in [-0.39, 0.29) is 29.7 Å². The number of carbonyl (C=O) groups is 2. The molecule has 0 spiro atoms. The van der Waals surface area contributed by atoms with E-state index >= 15 is 0 Å². The second kappa shape index (κ2) is 6.95. The fourth-order valence-corrected chi connectivity index (χ4v) is 5.24. The molecule has 3 aliphatic rings. The Morgan fingerprint density at radius 2 is 1.76 bits per heavy atom. The summed E-state index contributed by atoms with van der Waals surface area (Å²) in [5.74, 6) is 0.320. The van der Waals surface area contributed by atoms with E-state index in [9.17, 15) is 14.4 Å². The Balaban J connectivity index is 1.39. The van der Waals surface area contributed by atoms with Crippen LogP contribution < -0.4 is 10.5 Å². The molecular weight excluding hydrogens is 366 g/mol. The van der Waals surface area contributed by atoms with Crippen molar-refractivity contribution in [1.82, 2.24) is 9.47 Å². The van der Waals surface area contributed by atoms with Crippen LogP contribution in [0.15, 0.2) is 47.3 Å². The summed E-state index contributed by atoms with van der Waals surface area (Å²) in [4.78, 5) is 41.7. The Morgan fingerprint density at radius 3 is 2.52 bits per heavy atom. The second-order valence-electron chi connectivity index (χ2n) is 8.46. The minimum atomic E-state index is -0.402. The van der Waals surface area contributed by atoms with Crippen LogP contribution in [-0.2, 0) is 22.6 Å². The van der Waals surface area contributed by atoms with E-state index in [1.54, 1.807) is 6.07 Å². The van der Waals surface area contributed by atoms with E-state index in [2.05, 4.69) is 11.8 Å². The van der Waals surface area contributed by atoms with Gasteiger partial charge in [-0.25, -0.2) is 4.90 Å². The summed E-state index contributed by atoms with van der Waals surface area (Å²) in [6.07, 6.45) is 2.19. The molecular formula is C23H25N3O3. The van der Waals surface area contributed by atoms with Crippen LogP contribution in [0.2, 0.25) is 0 Å². The zero-order valence-corrected chi connectivity index (χ0v) is 16.6. The Morgan fingerprint density at radius 1 is 0.966 bits per heavy atom. The zero-order chi connectivity index (χ0) is 20.1. The molecule has 6 heteroatoms. The molecule has 150 valence electrons. The van der Waals surface area contributed by atoms with Crippen LogP contribution in [0.3, 0.4) is 0 Å². The van der Waals surface area contributed by atoms with Crippen molar-refractivity contribution in [2.45, 2.75) is 44.7 Å². The predicted octanol–water partition coefficient (Wildman–Crippen LogP) is 2.16. The summed E-state index contributed by atoms with van der Waals surface area (Å²) >= 11 is 0. The van der Waals surface area contributed by atoms with Crippen LogP contribution in [0, 0.1) is 5.92 Å². The molecule has 2 amide bonds. The summed E-state index contributed by atoms with van der Waals surface area (Å²) in [5, 5.41) is 0. The van der Waals surface area contributed by atoms with Gasteiger partial charge in [-0.05, 0) is 42.5 Å². The molecule has 0 N–H and O–H groups in total. The molecule has 0 aliphatic carbocycles. The number of likely N-dealkylation sites (tertiary alicyclic amines) is 1. The predicted molar refractivity (Wildman–Crippen MR) is 110 cm³/mol. The zero-order valence-electron chi connectivity index (χ0n) is 16.6. The molecule has 3 atom stereocenters. The van der Waals surface area contributed by atoms with Gasteiger partial charge < -0.3 is 4.57 Å². The van der Waals surface area contributed by atoms with Crippen molar-refractivity contribution in [3.8, 4) is 0 Å². The minimum Gasteiger partial charge on any atom is -0.312 e. The molecule has 2 bridgehead atoms. The number of nitrogens with zero attached hydrogens (tertiary/aromatic N) is 3. The van der Waals surface area contributed by atoms with Crippen LogP contribution in [0.5, 0.6) is 0 Å². The van der Waals surface area contributed by atoms with Gasteiger partial charge in [0, 0.05) is 37.3 Å². The molecule has 1 aromatic carbocycles. The highest BCUT2D eigenvalue weighted by molar-refractivity contribution is 6.22. The van der Waals surface area contributed by atoms with Crippen molar-refractivity contribution < 1.29 is 9.59 Å². The molecule has 1 unspecified atom stereocenters. The number of hydrogen-bond donors (Lipinski definition) is 0. The topological polar surface area (TPSA) is 62.6 Å². The number of benzene rings is 1. The van der Waals surface area contributed by atoms with Gasteiger partial charge in [-0.2, -0.15) is 0 Å². The molecule has 2 saturated heterocycles. The van der Waals surface area contributed by atoms with E-state index < -0.39 is 6.04 Å². The lowest BCUT2D eigenvalue weighted by molar-refractivity contribution is -0.123. The molecule has 5 rings (SSSR count). The second-order valence-corrected chi connectivity index (χ2v) is 8.46. The first-order valence-electron chi connectivity index (χ1n) is 10.4. The number of imide groups is 1. The fraction of sp³-hybridized carbons (Fsp3) is 0.435. The molecule has 3 aliphatic heterocycles. The van der Waals surface area contributed by atoms with E-state index in [1.165, 1.54) is 10.5 Å². The average molecular weight is 391 g/mol. The van der Waals surface area contributed by atoms with Gasteiger partial charge in [0.1, 0.15) is 0 Å².